The van der Waals surface area contributed by atoms with Crippen LogP contribution in [0.15, 0.2) is 23.6 Å². The Morgan fingerprint density at radius 1 is 1.37 bits per heavy atom. The molecule has 27 heavy (non-hydrogen) atoms. The van der Waals surface area contributed by atoms with Gasteiger partial charge in [0.05, 0.1) is 21.2 Å². The van der Waals surface area contributed by atoms with Gasteiger partial charge in [-0.05, 0) is 25.3 Å². The molecule has 0 bridgehead atoms. The van der Waals surface area contributed by atoms with E-state index in [4.69, 9.17) is 5.11 Å². The predicted octanol–water partition coefficient (Wildman–Crippen LogP) is 3.33. The number of hydrogen-bond donors (Lipinski definition) is 1. The summed E-state index contributed by atoms with van der Waals surface area (Å²) >= 11 is 1.59. The fraction of sp³-hybridized carbons (Fsp3) is 0.389. The third-order valence-corrected chi connectivity index (χ3v) is 5.67. The van der Waals surface area contributed by atoms with E-state index in [1.165, 1.54) is 6.07 Å². The SMILES string of the molecule is CCc1csc(C2CCCN(C(=O)c3cc(C(=O)O)cc([N+](=O)[O-])c3)C2)n1. The van der Waals surface area contributed by atoms with Crippen molar-refractivity contribution in [3.8, 4) is 0 Å². The van der Waals surface area contributed by atoms with Gasteiger partial charge in [-0.3, -0.25) is 14.9 Å². The smallest absolute Gasteiger partial charge is 0.335 e. The molecule has 142 valence electrons. The van der Waals surface area contributed by atoms with Crippen LogP contribution < -0.4 is 0 Å². The van der Waals surface area contributed by atoms with Gasteiger partial charge in [0, 0.05) is 42.1 Å². The lowest BCUT2D eigenvalue weighted by atomic mass is 9.97. The molecule has 1 unspecified atom stereocenters. The number of carboxylic acids is 1. The average molecular weight is 389 g/mol. The Hall–Kier alpha value is -2.81. The Labute approximate surface area is 159 Å². The van der Waals surface area contributed by atoms with Gasteiger partial charge in [-0.1, -0.05) is 6.92 Å². The molecule has 0 aliphatic carbocycles. The molecule has 1 aliphatic rings. The normalized spacial score (nSPS) is 16.9. The lowest BCUT2D eigenvalue weighted by Gasteiger charge is -2.32. The molecule has 1 aromatic carbocycles. The van der Waals surface area contributed by atoms with Crippen LogP contribution in [0.4, 0.5) is 5.69 Å². The number of non-ortho nitro benzene ring substituents is 1. The van der Waals surface area contributed by atoms with E-state index in [1.54, 1.807) is 16.2 Å². The zero-order chi connectivity index (χ0) is 19.6. The Morgan fingerprint density at radius 2 is 2.11 bits per heavy atom. The van der Waals surface area contributed by atoms with Crippen LogP contribution >= 0.6 is 11.3 Å². The highest BCUT2D eigenvalue weighted by Crippen LogP contribution is 2.30. The molecule has 1 saturated heterocycles. The van der Waals surface area contributed by atoms with Crippen molar-refractivity contribution in [1.82, 2.24) is 9.88 Å². The van der Waals surface area contributed by atoms with Crippen molar-refractivity contribution in [2.45, 2.75) is 32.1 Å². The third-order valence-electron chi connectivity index (χ3n) is 4.61. The third kappa shape index (κ3) is 4.13. The molecule has 1 aromatic heterocycles. The molecular weight excluding hydrogens is 370 g/mol. The molecular formula is C18H19N3O5S. The summed E-state index contributed by atoms with van der Waals surface area (Å²) in [6.07, 6.45) is 2.59. The van der Waals surface area contributed by atoms with Gasteiger partial charge in [-0.2, -0.15) is 0 Å². The van der Waals surface area contributed by atoms with E-state index in [0.717, 1.165) is 42.1 Å². The Kier molecular flexibility index (Phi) is 5.50. The Balaban J connectivity index is 1.84. The van der Waals surface area contributed by atoms with Gasteiger partial charge in [0.2, 0.25) is 0 Å². The monoisotopic (exact) mass is 389 g/mol. The first-order valence-electron chi connectivity index (χ1n) is 8.65. The second-order valence-electron chi connectivity index (χ2n) is 6.45. The first-order chi connectivity index (χ1) is 12.9. The van der Waals surface area contributed by atoms with Crippen molar-refractivity contribution in [2.24, 2.45) is 0 Å². The fourth-order valence-corrected chi connectivity index (χ4v) is 4.21. The van der Waals surface area contributed by atoms with E-state index in [9.17, 15) is 19.7 Å². The molecule has 8 nitrogen and oxygen atoms in total. The molecule has 2 heterocycles. The zero-order valence-electron chi connectivity index (χ0n) is 14.8. The number of nitro benzene ring substituents is 1. The summed E-state index contributed by atoms with van der Waals surface area (Å²) < 4.78 is 0. The first kappa shape index (κ1) is 19.0. The molecule has 1 fully saturated rings. The minimum atomic E-state index is -1.31. The van der Waals surface area contributed by atoms with Gasteiger partial charge in [-0.25, -0.2) is 9.78 Å². The van der Waals surface area contributed by atoms with Crippen molar-refractivity contribution >= 4 is 28.9 Å². The van der Waals surface area contributed by atoms with Crippen LogP contribution in [0.5, 0.6) is 0 Å². The van der Waals surface area contributed by atoms with E-state index in [2.05, 4.69) is 4.98 Å². The van der Waals surface area contributed by atoms with Crippen molar-refractivity contribution in [3.63, 3.8) is 0 Å². The second-order valence-corrected chi connectivity index (χ2v) is 7.34. The number of piperidine rings is 1. The van der Waals surface area contributed by atoms with Crippen LogP contribution in [0.2, 0.25) is 0 Å². The van der Waals surface area contributed by atoms with Crippen LogP contribution in [0, 0.1) is 10.1 Å². The number of aryl methyl sites for hydroxylation is 1. The van der Waals surface area contributed by atoms with Crippen LogP contribution in [0.25, 0.3) is 0 Å². The van der Waals surface area contributed by atoms with Crippen LogP contribution in [-0.2, 0) is 6.42 Å². The van der Waals surface area contributed by atoms with E-state index in [0.29, 0.717) is 13.1 Å². The standard InChI is InChI=1S/C18H19N3O5S/c1-2-14-10-27-16(19-14)11-4-3-5-20(9-11)17(22)12-6-13(18(23)24)8-15(7-12)21(25)26/h6-8,10-11H,2-5,9H2,1H3,(H,23,24). The summed E-state index contributed by atoms with van der Waals surface area (Å²) in [7, 11) is 0. The van der Waals surface area contributed by atoms with E-state index in [1.807, 2.05) is 12.3 Å². The summed E-state index contributed by atoms with van der Waals surface area (Å²) in [6.45, 7) is 3.05. The maximum atomic E-state index is 12.9. The number of rotatable bonds is 5. The van der Waals surface area contributed by atoms with E-state index >= 15 is 0 Å². The minimum Gasteiger partial charge on any atom is -0.478 e. The Morgan fingerprint density at radius 3 is 2.74 bits per heavy atom. The zero-order valence-corrected chi connectivity index (χ0v) is 15.6. The van der Waals surface area contributed by atoms with Crippen LogP contribution in [0.3, 0.4) is 0 Å². The summed E-state index contributed by atoms with van der Waals surface area (Å²) in [5, 5.41) is 23.3. The topological polar surface area (TPSA) is 114 Å². The number of carboxylic acid groups (broad SMARTS) is 1. The van der Waals surface area contributed by atoms with Crippen LogP contribution in [0.1, 0.15) is 57.1 Å². The number of carbonyl (C=O) groups is 2. The number of amides is 1. The van der Waals surface area contributed by atoms with E-state index < -0.39 is 22.5 Å². The van der Waals surface area contributed by atoms with Crippen molar-refractivity contribution in [3.05, 3.63) is 55.5 Å². The number of aromatic carboxylic acids is 1. The number of nitro groups is 1. The summed E-state index contributed by atoms with van der Waals surface area (Å²) in [5.74, 6) is -1.57. The van der Waals surface area contributed by atoms with Gasteiger partial charge >= 0.3 is 5.97 Å². The number of carbonyl (C=O) groups excluding carboxylic acids is 1. The highest BCUT2D eigenvalue weighted by Gasteiger charge is 2.28. The molecule has 1 aliphatic heterocycles. The van der Waals surface area contributed by atoms with Gasteiger partial charge in [0.1, 0.15) is 0 Å². The molecule has 1 atom stereocenters. The maximum Gasteiger partial charge on any atom is 0.335 e. The predicted molar refractivity (Wildman–Crippen MR) is 99.4 cm³/mol. The van der Waals surface area contributed by atoms with Gasteiger partial charge < -0.3 is 10.0 Å². The summed E-state index contributed by atoms with van der Waals surface area (Å²) in [5.41, 5.74) is 0.381. The summed E-state index contributed by atoms with van der Waals surface area (Å²) in [6, 6.07) is 3.29. The molecule has 0 saturated carbocycles. The highest BCUT2D eigenvalue weighted by molar-refractivity contribution is 7.09. The Bertz CT molecular complexity index is 863. The first-order valence-corrected chi connectivity index (χ1v) is 9.53. The number of hydrogen-bond acceptors (Lipinski definition) is 6. The second kappa shape index (κ2) is 7.83. The molecule has 3 rings (SSSR count). The largest absolute Gasteiger partial charge is 0.478 e. The number of thiazole rings is 1. The highest BCUT2D eigenvalue weighted by atomic mass is 32.1. The minimum absolute atomic E-state index is 0.0237. The molecule has 9 heteroatoms. The van der Waals surface area contributed by atoms with Crippen molar-refractivity contribution < 1.29 is 19.6 Å². The molecule has 2 aromatic rings. The number of aromatic nitrogens is 1. The number of nitrogens with zero attached hydrogens (tertiary/aromatic N) is 3. The maximum absolute atomic E-state index is 12.9. The number of likely N-dealkylation sites (tertiary alicyclic amines) is 1. The van der Waals surface area contributed by atoms with Gasteiger partial charge in [-0.15, -0.1) is 11.3 Å². The molecule has 0 spiro atoms. The lowest BCUT2D eigenvalue weighted by molar-refractivity contribution is -0.384. The summed E-state index contributed by atoms with van der Waals surface area (Å²) in [4.78, 5) is 40.7. The average Bonchev–Trinajstić information content (AvgIpc) is 3.16. The van der Waals surface area contributed by atoms with Gasteiger partial charge in [0.25, 0.3) is 11.6 Å². The van der Waals surface area contributed by atoms with E-state index in [-0.39, 0.29) is 17.0 Å². The molecule has 1 N–H and O–H groups in total. The van der Waals surface area contributed by atoms with Crippen molar-refractivity contribution in [2.75, 3.05) is 13.1 Å². The van der Waals surface area contributed by atoms with Crippen molar-refractivity contribution in [1.29, 1.82) is 0 Å². The lowest BCUT2D eigenvalue weighted by Crippen LogP contribution is -2.39. The van der Waals surface area contributed by atoms with Gasteiger partial charge in [0.15, 0.2) is 0 Å². The van der Waals surface area contributed by atoms with Crippen LogP contribution in [-0.4, -0.2) is 44.9 Å². The molecule has 0 radical (unpaired) electrons. The number of benzene rings is 1. The molecule has 1 amide bonds. The fourth-order valence-electron chi connectivity index (χ4n) is 3.18. The quantitative estimate of drug-likeness (QED) is 0.620.